The molecule has 0 fully saturated rings. The smallest absolute Gasteiger partial charge is 0.271 e. The fourth-order valence-electron chi connectivity index (χ4n) is 1.46. The molecule has 0 aliphatic heterocycles. The third-order valence-electron chi connectivity index (χ3n) is 2.38. The molecule has 0 aliphatic rings. The van der Waals surface area contributed by atoms with Crippen LogP contribution in [0.4, 0.5) is 5.95 Å². The Bertz CT molecular complexity index is 686. The molecule has 0 radical (unpaired) electrons. The van der Waals surface area contributed by atoms with Crippen LogP contribution in [0.2, 0.25) is 0 Å². The van der Waals surface area contributed by atoms with Gasteiger partial charge in [-0.2, -0.15) is 5.10 Å². The number of hydrazone groups is 1. The van der Waals surface area contributed by atoms with Crippen LogP contribution >= 0.6 is 15.9 Å². The Kier molecular flexibility index (Phi) is 5.44. The summed E-state index contributed by atoms with van der Waals surface area (Å²) >= 11 is 3.45. The molecule has 8 heteroatoms. The largest absolute Gasteiger partial charge is 0.492 e. The molecule has 2 aromatic rings. The Morgan fingerprint density at radius 2 is 2.38 bits per heavy atom. The minimum atomic E-state index is -0.345. The summed E-state index contributed by atoms with van der Waals surface area (Å²) in [5, 5.41) is 11.2. The maximum Gasteiger partial charge on any atom is 0.271 e. The van der Waals surface area contributed by atoms with Gasteiger partial charge in [0.15, 0.2) is 0 Å². The van der Waals surface area contributed by atoms with Crippen LogP contribution < -0.4 is 15.7 Å². The normalized spacial score (nSPS) is 10.8. The van der Waals surface area contributed by atoms with Crippen LogP contribution in [0.25, 0.3) is 0 Å². The van der Waals surface area contributed by atoms with E-state index in [-0.39, 0.29) is 11.5 Å². The highest BCUT2D eigenvalue weighted by atomic mass is 79.9. The quantitative estimate of drug-likeness (QED) is 0.614. The second-order valence-corrected chi connectivity index (χ2v) is 4.95. The summed E-state index contributed by atoms with van der Waals surface area (Å²) in [5.41, 5.74) is 3.12. The predicted molar refractivity (Wildman–Crippen MR) is 83.8 cm³/mol. The van der Waals surface area contributed by atoms with Crippen molar-refractivity contribution in [2.24, 2.45) is 5.10 Å². The first-order valence-electron chi connectivity index (χ1n) is 6.32. The summed E-state index contributed by atoms with van der Waals surface area (Å²) < 4.78 is 6.42. The first kappa shape index (κ1) is 15.2. The molecule has 0 saturated heterocycles. The number of aromatic nitrogens is 3. The summed E-state index contributed by atoms with van der Waals surface area (Å²) in [6, 6.07) is 5.63. The van der Waals surface area contributed by atoms with E-state index in [1.165, 1.54) is 0 Å². The molecule has 2 N–H and O–H groups in total. The van der Waals surface area contributed by atoms with Gasteiger partial charge in [0.1, 0.15) is 11.9 Å². The molecule has 110 valence electrons. The monoisotopic (exact) mass is 351 g/mol. The van der Waals surface area contributed by atoms with Crippen molar-refractivity contribution in [1.82, 2.24) is 15.2 Å². The fourth-order valence-corrected chi connectivity index (χ4v) is 1.97. The van der Waals surface area contributed by atoms with Gasteiger partial charge in [-0.15, -0.1) is 10.2 Å². The SMILES string of the molecule is CCCOc1ccc(/C=N/Nc2nncc(=O)[nH]2)cc1Br. The Balaban J connectivity index is 2.01. The number of halogens is 1. The van der Waals surface area contributed by atoms with Crippen LogP contribution in [-0.4, -0.2) is 28.0 Å². The number of ether oxygens (including phenoxy) is 1. The molecular formula is C13H14BrN5O2. The summed E-state index contributed by atoms with van der Waals surface area (Å²) in [7, 11) is 0. The molecule has 1 aromatic carbocycles. The molecule has 0 bridgehead atoms. The van der Waals surface area contributed by atoms with E-state index in [2.05, 4.69) is 48.6 Å². The van der Waals surface area contributed by atoms with E-state index >= 15 is 0 Å². The maximum absolute atomic E-state index is 11.0. The zero-order valence-corrected chi connectivity index (χ0v) is 12.9. The first-order valence-corrected chi connectivity index (χ1v) is 7.12. The van der Waals surface area contributed by atoms with Crippen molar-refractivity contribution in [2.45, 2.75) is 13.3 Å². The highest BCUT2D eigenvalue weighted by molar-refractivity contribution is 9.10. The van der Waals surface area contributed by atoms with Crippen molar-refractivity contribution in [1.29, 1.82) is 0 Å². The van der Waals surface area contributed by atoms with Gasteiger partial charge in [0.2, 0.25) is 5.95 Å². The van der Waals surface area contributed by atoms with E-state index in [1.54, 1.807) is 6.21 Å². The lowest BCUT2D eigenvalue weighted by Gasteiger charge is -2.07. The van der Waals surface area contributed by atoms with Crippen LogP contribution in [0.3, 0.4) is 0 Å². The van der Waals surface area contributed by atoms with Crippen molar-refractivity contribution in [3.8, 4) is 5.75 Å². The summed E-state index contributed by atoms with van der Waals surface area (Å²) in [4.78, 5) is 13.5. The summed E-state index contributed by atoms with van der Waals surface area (Å²) in [5.74, 6) is 0.973. The predicted octanol–water partition coefficient (Wildman–Crippen LogP) is 2.16. The number of hydrogen-bond acceptors (Lipinski definition) is 6. The Hall–Kier alpha value is -2.22. The molecule has 0 aliphatic carbocycles. The fraction of sp³-hybridized carbons (Fsp3) is 0.231. The second-order valence-electron chi connectivity index (χ2n) is 4.09. The highest BCUT2D eigenvalue weighted by Gasteiger charge is 2.01. The third-order valence-corrected chi connectivity index (χ3v) is 3.00. The van der Waals surface area contributed by atoms with Crippen LogP contribution in [0, 0.1) is 0 Å². The lowest BCUT2D eigenvalue weighted by atomic mass is 10.2. The minimum absolute atomic E-state index is 0.181. The van der Waals surface area contributed by atoms with Gasteiger partial charge in [-0.3, -0.25) is 9.78 Å². The van der Waals surface area contributed by atoms with Crippen molar-refractivity contribution in [3.05, 3.63) is 44.8 Å². The van der Waals surface area contributed by atoms with Gasteiger partial charge in [-0.1, -0.05) is 6.92 Å². The minimum Gasteiger partial charge on any atom is -0.492 e. The maximum atomic E-state index is 11.0. The second kappa shape index (κ2) is 7.53. The van der Waals surface area contributed by atoms with Gasteiger partial charge < -0.3 is 4.74 Å². The molecule has 0 unspecified atom stereocenters. The van der Waals surface area contributed by atoms with Crippen molar-refractivity contribution < 1.29 is 4.74 Å². The van der Waals surface area contributed by atoms with Gasteiger partial charge in [0.25, 0.3) is 5.56 Å². The van der Waals surface area contributed by atoms with Crippen molar-refractivity contribution in [3.63, 3.8) is 0 Å². The Morgan fingerprint density at radius 1 is 1.52 bits per heavy atom. The number of nitrogens with one attached hydrogen (secondary N) is 2. The number of hydrogen-bond donors (Lipinski definition) is 2. The third kappa shape index (κ3) is 4.67. The number of anilines is 1. The van der Waals surface area contributed by atoms with Crippen LogP contribution in [0.15, 0.2) is 38.8 Å². The number of nitrogens with zero attached hydrogens (tertiary/aromatic N) is 3. The number of H-pyrrole nitrogens is 1. The standard InChI is InChI=1S/C13H14BrN5O2/c1-2-5-21-11-4-3-9(6-10(11)14)7-15-18-13-17-12(20)8-16-19-13/h3-4,6-8H,2,5H2,1H3,(H2,17,18,19,20)/b15-7+. The van der Waals surface area contributed by atoms with Crippen LogP contribution in [0.5, 0.6) is 5.75 Å². The average molecular weight is 352 g/mol. The number of benzene rings is 1. The van der Waals surface area contributed by atoms with E-state index in [9.17, 15) is 4.79 Å². The molecular weight excluding hydrogens is 338 g/mol. The lowest BCUT2D eigenvalue weighted by molar-refractivity contribution is 0.315. The first-order chi connectivity index (χ1) is 10.2. The highest BCUT2D eigenvalue weighted by Crippen LogP contribution is 2.25. The molecule has 2 rings (SSSR count). The number of aromatic amines is 1. The van der Waals surface area contributed by atoms with Crippen LogP contribution in [-0.2, 0) is 0 Å². The van der Waals surface area contributed by atoms with E-state index in [1.807, 2.05) is 18.2 Å². The zero-order valence-electron chi connectivity index (χ0n) is 11.3. The van der Waals surface area contributed by atoms with Gasteiger partial charge in [0, 0.05) is 0 Å². The van der Waals surface area contributed by atoms with E-state index in [4.69, 9.17) is 4.74 Å². The van der Waals surface area contributed by atoms with Crippen LogP contribution in [0.1, 0.15) is 18.9 Å². The van der Waals surface area contributed by atoms with Gasteiger partial charge in [-0.25, -0.2) is 5.43 Å². The van der Waals surface area contributed by atoms with E-state index in [0.29, 0.717) is 6.61 Å². The van der Waals surface area contributed by atoms with Gasteiger partial charge >= 0.3 is 0 Å². The van der Waals surface area contributed by atoms with Crippen molar-refractivity contribution >= 4 is 28.1 Å². The molecule has 1 heterocycles. The molecule has 1 aromatic heterocycles. The molecule has 21 heavy (non-hydrogen) atoms. The molecule has 0 atom stereocenters. The molecule has 0 saturated carbocycles. The van der Waals surface area contributed by atoms with E-state index in [0.717, 1.165) is 28.4 Å². The Morgan fingerprint density at radius 3 is 3.10 bits per heavy atom. The molecule has 0 amide bonds. The van der Waals surface area contributed by atoms with Gasteiger partial charge in [0.05, 0.1) is 17.3 Å². The van der Waals surface area contributed by atoms with Gasteiger partial charge in [-0.05, 0) is 46.1 Å². The van der Waals surface area contributed by atoms with E-state index < -0.39 is 0 Å². The van der Waals surface area contributed by atoms with Crippen molar-refractivity contribution in [2.75, 3.05) is 12.0 Å². The summed E-state index contributed by atoms with van der Waals surface area (Å²) in [6.45, 7) is 2.73. The topological polar surface area (TPSA) is 92.3 Å². The zero-order chi connectivity index (χ0) is 15.1. The lowest BCUT2D eigenvalue weighted by Crippen LogP contribution is -2.10. The molecule has 7 nitrogen and oxygen atoms in total. The average Bonchev–Trinajstić information content (AvgIpc) is 2.46. The molecule has 0 spiro atoms. The number of rotatable bonds is 6. The summed E-state index contributed by atoms with van der Waals surface area (Å²) in [6.07, 6.45) is 3.64. The Labute approximate surface area is 129 Å².